The monoisotopic (exact) mass is 469 g/mol. The number of fused-ring (bicyclic) bond motifs is 3. The number of furan rings is 1. The van der Waals surface area contributed by atoms with Crippen LogP contribution in [0.5, 0.6) is 0 Å². The Kier molecular flexibility index (Phi) is 5.80. The van der Waals surface area contributed by atoms with Crippen molar-refractivity contribution in [1.82, 2.24) is 10.2 Å². The molecule has 5 atom stereocenters. The molecular formula is C29H31N3O3. The van der Waals surface area contributed by atoms with Crippen molar-refractivity contribution in [2.24, 2.45) is 11.8 Å². The van der Waals surface area contributed by atoms with Crippen molar-refractivity contribution >= 4 is 17.5 Å². The molecule has 2 aliphatic heterocycles. The molecule has 0 spiro atoms. The van der Waals surface area contributed by atoms with Crippen molar-refractivity contribution in [1.29, 1.82) is 0 Å². The van der Waals surface area contributed by atoms with Gasteiger partial charge >= 0.3 is 0 Å². The van der Waals surface area contributed by atoms with Gasteiger partial charge in [-0.25, -0.2) is 0 Å². The molecule has 1 aliphatic carbocycles. The second-order valence-electron chi connectivity index (χ2n) is 9.99. The number of carbonyl (C=O) groups is 2. The van der Waals surface area contributed by atoms with E-state index in [1.54, 1.807) is 6.26 Å². The van der Waals surface area contributed by atoms with Gasteiger partial charge in [-0.15, -0.1) is 0 Å². The van der Waals surface area contributed by atoms with E-state index in [-0.39, 0.29) is 41.8 Å². The Balaban J connectivity index is 1.27. The molecule has 0 radical (unpaired) electrons. The molecule has 1 aromatic heterocycles. The predicted octanol–water partition coefficient (Wildman–Crippen LogP) is 5.32. The molecule has 6 nitrogen and oxygen atoms in total. The van der Waals surface area contributed by atoms with E-state index < -0.39 is 0 Å². The van der Waals surface area contributed by atoms with Crippen LogP contribution >= 0.6 is 0 Å². The van der Waals surface area contributed by atoms with Crippen molar-refractivity contribution in [3.63, 3.8) is 0 Å². The van der Waals surface area contributed by atoms with Crippen molar-refractivity contribution < 1.29 is 14.0 Å². The summed E-state index contributed by atoms with van der Waals surface area (Å²) < 4.78 is 5.80. The maximum Gasteiger partial charge on any atom is 0.251 e. The maximum atomic E-state index is 14.1. The van der Waals surface area contributed by atoms with Crippen LogP contribution in [0.15, 0.2) is 77.4 Å². The lowest BCUT2D eigenvalue weighted by Gasteiger charge is -2.41. The molecule has 6 rings (SSSR count). The Morgan fingerprint density at radius 2 is 1.71 bits per heavy atom. The lowest BCUT2D eigenvalue weighted by Crippen LogP contribution is -2.50. The highest BCUT2D eigenvalue weighted by molar-refractivity contribution is 5.94. The quantitative estimate of drug-likeness (QED) is 0.542. The predicted molar refractivity (Wildman–Crippen MR) is 134 cm³/mol. The number of likely N-dealkylation sites (tertiary alicyclic amines) is 1. The Labute approximate surface area is 205 Å². The number of nitrogens with zero attached hydrogens (tertiary/aromatic N) is 1. The van der Waals surface area contributed by atoms with E-state index in [1.165, 1.54) is 5.56 Å². The van der Waals surface area contributed by atoms with Crippen molar-refractivity contribution in [2.75, 3.05) is 11.9 Å². The topological polar surface area (TPSA) is 74.6 Å². The number of para-hydroxylation sites is 1. The highest BCUT2D eigenvalue weighted by Gasteiger charge is 2.49. The summed E-state index contributed by atoms with van der Waals surface area (Å²) in [6.07, 6.45) is 6.33. The number of anilines is 1. The SMILES string of the molecule is O=C(NC1CCCC[C@@H]1C(=O)N1CC[C@@H]2[C@H](c3ccco3)Nc3ccccc3[C@@H]21)c1ccccc1. The Morgan fingerprint density at radius 1 is 0.914 bits per heavy atom. The van der Waals surface area contributed by atoms with Crippen molar-refractivity contribution in [3.8, 4) is 0 Å². The normalized spacial score (nSPS) is 27.4. The van der Waals surface area contributed by atoms with Crippen LogP contribution in [0.2, 0.25) is 0 Å². The maximum absolute atomic E-state index is 14.1. The van der Waals surface area contributed by atoms with E-state index >= 15 is 0 Å². The molecule has 3 heterocycles. The standard InChI is InChI=1S/C29H31N3O3/c33-28(19-9-2-1-3-10-19)31-24-14-7-5-12-21(24)29(34)32-17-16-22-26(25-15-8-18-35-25)30-23-13-6-4-11-20(23)27(22)32/h1-4,6,8-11,13,15,18,21-22,24,26-27,30H,5,7,12,14,16-17H2,(H,31,33)/t21-,22+,24?,26+,27-/m0/s1. The summed E-state index contributed by atoms with van der Waals surface area (Å²) in [6.45, 7) is 0.719. The van der Waals surface area contributed by atoms with Gasteiger partial charge in [-0.1, -0.05) is 49.2 Å². The molecule has 3 aliphatic rings. The van der Waals surface area contributed by atoms with Crippen LogP contribution in [-0.4, -0.2) is 29.3 Å². The largest absolute Gasteiger partial charge is 0.467 e. The summed E-state index contributed by atoms with van der Waals surface area (Å²) in [6, 6.07) is 21.4. The van der Waals surface area contributed by atoms with Gasteiger partial charge in [-0.05, 0) is 55.2 Å². The molecule has 180 valence electrons. The van der Waals surface area contributed by atoms with Gasteiger partial charge in [0, 0.05) is 29.8 Å². The number of benzene rings is 2. The molecule has 1 saturated heterocycles. The van der Waals surface area contributed by atoms with E-state index in [0.717, 1.165) is 50.1 Å². The summed E-state index contributed by atoms with van der Waals surface area (Å²) in [5, 5.41) is 6.87. The average Bonchev–Trinajstić information content (AvgIpc) is 3.60. The first-order chi connectivity index (χ1) is 17.2. The zero-order chi connectivity index (χ0) is 23.8. The number of hydrogen-bond donors (Lipinski definition) is 2. The number of amides is 2. The highest BCUT2D eigenvalue weighted by atomic mass is 16.3. The summed E-state index contributed by atoms with van der Waals surface area (Å²) in [5.41, 5.74) is 2.87. The summed E-state index contributed by atoms with van der Waals surface area (Å²) >= 11 is 0. The third kappa shape index (κ3) is 4.01. The van der Waals surface area contributed by atoms with Crippen molar-refractivity contribution in [2.45, 2.75) is 50.2 Å². The molecule has 2 aromatic carbocycles. The molecule has 1 unspecified atom stereocenters. The molecule has 2 amide bonds. The van der Waals surface area contributed by atoms with Crippen LogP contribution < -0.4 is 10.6 Å². The van der Waals surface area contributed by atoms with Gasteiger partial charge in [0.05, 0.1) is 24.3 Å². The van der Waals surface area contributed by atoms with Gasteiger partial charge in [0.25, 0.3) is 5.91 Å². The van der Waals surface area contributed by atoms with Gasteiger partial charge < -0.3 is 20.0 Å². The van der Waals surface area contributed by atoms with Gasteiger partial charge in [-0.2, -0.15) is 0 Å². The lowest BCUT2D eigenvalue weighted by atomic mass is 9.80. The van der Waals surface area contributed by atoms with Gasteiger partial charge in [0.15, 0.2) is 0 Å². The lowest BCUT2D eigenvalue weighted by molar-refractivity contribution is -0.138. The number of carbonyl (C=O) groups excluding carboxylic acids is 2. The van der Waals surface area contributed by atoms with Crippen LogP contribution in [0.3, 0.4) is 0 Å². The zero-order valence-corrected chi connectivity index (χ0v) is 19.7. The first-order valence-corrected chi connectivity index (χ1v) is 12.8. The van der Waals surface area contributed by atoms with Gasteiger partial charge in [0.2, 0.25) is 5.91 Å². The Morgan fingerprint density at radius 3 is 2.54 bits per heavy atom. The molecule has 2 fully saturated rings. The number of nitrogens with one attached hydrogen (secondary N) is 2. The van der Waals surface area contributed by atoms with Crippen LogP contribution in [0.1, 0.15) is 65.9 Å². The average molecular weight is 470 g/mol. The van der Waals surface area contributed by atoms with Gasteiger partial charge in [-0.3, -0.25) is 9.59 Å². The van der Waals surface area contributed by atoms with E-state index in [9.17, 15) is 9.59 Å². The Bertz CT molecular complexity index is 1190. The fourth-order valence-corrected chi connectivity index (χ4v) is 6.38. The van der Waals surface area contributed by atoms with Crippen LogP contribution in [-0.2, 0) is 4.79 Å². The molecule has 1 saturated carbocycles. The van der Waals surface area contributed by atoms with E-state index in [0.29, 0.717) is 5.56 Å². The molecule has 6 heteroatoms. The molecule has 0 bridgehead atoms. The fourth-order valence-electron chi connectivity index (χ4n) is 6.38. The number of rotatable bonds is 4. The molecular weight excluding hydrogens is 438 g/mol. The minimum absolute atomic E-state index is 0.00227. The van der Waals surface area contributed by atoms with Crippen molar-refractivity contribution in [3.05, 3.63) is 89.9 Å². The molecule has 3 aromatic rings. The third-order valence-corrected chi connectivity index (χ3v) is 8.03. The first-order valence-electron chi connectivity index (χ1n) is 12.8. The van der Waals surface area contributed by atoms with Crippen LogP contribution in [0, 0.1) is 11.8 Å². The first kappa shape index (κ1) is 22.0. The van der Waals surface area contributed by atoms with Gasteiger partial charge in [0.1, 0.15) is 5.76 Å². The second kappa shape index (κ2) is 9.25. The summed E-state index contributed by atoms with van der Waals surface area (Å²) in [4.78, 5) is 29.1. The van der Waals surface area contributed by atoms with Crippen LogP contribution in [0.4, 0.5) is 5.69 Å². The Hall–Kier alpha value is -3.54. The van der Waals surface area contributed by atoms with E-state index in [4.69, 9.17) is 4.42 Å². The van der Waals surface area contributed by atoms with E-state index in [2.05, 4.69) is 33.7 Å². The van der Waals surface area contributed by atoms with E-state index in [1.807, 2.05) is 48.5 Å². The zero-order valence-electron chi connectivity index (χ0n) is 19.7. The second-order valence-corrected chi connectivity index (χ2v) is 9.99. The summed E-state index contributed by atoms with van der Waals surface area (Å²) in [5.74, 6) is 1.03. The summed E-state index contributed by atoms with van der Waals surface area (Å²) in [7, 11) is 0. The fraction of sp³-hybridized carbons (Fsp3) is 0.379. The molecule has 2 N–H and O–H groups in total. The molecule has 35 heavy (non-hydrogen) atoms. The minimum atomic E-state index is -0.195. The highest BCUT2D eigenvalue weighted by Crippen LogP contribution is 2.51. The minimum Gasteiger partial charge on any atom is -0.467 e. The number of hydrogen-bond acceptors (Lipinski definition) is 4. The van der Waals surface area contributed by atoms with Crippen LogP contribution in [0.25, 0.3) is 0 Å². The smallest absolute Gasteiger partial charge is 0.251 e. The third-order valence-electron chi connectivity index (χ3n) is 8.03.